The number of aromatic amines is 1. The molecule has 1 saturated carbocycles. The smallest absolute Gasteiger partial charge is 0.293 e. The molecule has 4 N–H and O–H groups in total. The van der Waals surface area contributed by atoms with Crippen LogP contribution < -0.4 is 19.7 Å². The van der Waals surface area contributed by atoms with Crippen LogP contribution in [0.3, 0.4) is 0 Å². The Morgan fingerprint density at radius 1 is 0.986 bits per heavy atom. The van der Waals surface area contributed by atoms with Crippen LogP contribution in [0.25, 0.3) is 27.7 Å². The van der Waals surface area contributed by atoms with Gasteiger partial charge in [0.15, 0.2) is 0 Å². The normalized spacial score (nSPS) is 19.9. The number of hydrogen-bond acceptors (Lipinski definition) is 12. The molecule has 19 heteroatoms. The summed E-state index contributed by atoms with van der Waals surface area (Å²) in [5.41, 5.74) is 2.79. The van der Waals surface area contributed by atoms with Crippen LogP contribution in [0.2, 0.25) is 0 Å². The van der Waals surface area contributed by atoms with Crippen molar-refractivity contribution in [3.8, 4) is 22.6 Å². The third-order valence-electron chi connectivity index (χ3n) is 13.8. The number of nitro benzene ring substituents is 1. The van der Waals surface area contributed by atoms with Gasteiger partial charge in [0, 0.05) is 85.7 Å². The number of aromatic nitrogens is 2. The molecule has 1 aliphatic heterocycles. The van der Waals surface area contributed by atoms with Gasteiger partial charge in [0.05, 0.1) is 32.7 Å². The number of anilines is 2. The fourth-order valence-electron chi connectivity index (χ4n) is 9.70. The molecule has 3 aliphatic rings. The minimum Gasteiger partial charge on any atom is -0.455 e. The summed E-state index contributed by atoms with van der Waals surface area (Å²) in [6, 6.07) is 15.1. The van der Waals surface area contributed by atoms with E-state index in [0.717, 1.165) is 59.7 Å². The van der Waals surface area contributed by atoms with Crippen LogP contribution in [0.5, 0.6) is 11.5 Å². The van der Waals surface area contributed by atoms with Crippen molar-refractivity contribution >= 4 is 60.9 Å². The molecule has 4 heterocycles. The molecule has 9 rings (SSSR count). The van der Waals surface area contributed by atoms with Crippen LogP contribution in [-0.2, 0) is 10.0 Å². The number of nitro groups is 1. The number of piperazine rings is 1. The summed E-state index contributed by atoms with van der Waals surface area (Å²) < 4.78 is 79.2. The largest absolute Gasteiger partial charge is 0.455 e. The van der Waals surface area contributed by atoms with Gasteiger partial charge in [0.25, 0.3) is 21.6 Å². The SMILES string of the molecule is CC1(C)CCC(CN2CCN(c3ccc(C(=O)NS(=O)(=O)c4ccc(NCC5CCC(C)(O)CC5)c([N+](=O)[O-])c4)c(Oc4cnc5[nH]ccc5c4)c3)CC2)=C(c2cc(-c3c(F)cc(F)cc3F)cs2)C1. The Morgan fingerprint density at radius 3 is 2.46 bits per heavy atom. The molecule has 0 atom stereocenters. The van der Waals surface area contributed by atoms with E-state index in [1.165, 1.54) is 41.3 Å². The number of thiophene rings is 1. The second-order valence-electron chi connectivity index (χ2n) is 19.7. The van der Waals surface area contributed by atoms with E-state index in [2.05, 4.69) is 43.7 Å². The van der Waals surface area contributed by atoms with Crippen molar-refractivity contribution in [3.63, 3.8) is 0 Å². The summed E-state index contributed by atoms with van der Waals surface area (Å²) in [6.07, 6.45) is 8.57. The number of sulfonamides is 1. The molecule has 14 nitrogen and oxygen atoms in total. The second kappa shape index (κ2) is 19.5. The first-order chi connectivity index (χ1) is 33.3. The maximum atomic E-state index is 14.8. The summed E-state index contributed by atoms with van der Waals surface area (Å²) in [4.78, 5) is 37.9. The first kappa shape index (κ1) is 48.7. The Kier molecular flexibility index (Phi) is 13.6. The first-order valence-electron chi connectivity index (χ1n) is 23.3. The Labute approximate surface area is 407 Å². The van der Waals surface area contributed by atoms with Gasteiger partial charge in [-0.2, -0.15) is 0 Å². The van der Waals surface area contributed by atoms with Gasteiger partial charge >= 0.3 is 0 Å². The number of benzene rings is 3. The Morgan fingerprint density at radius 2 is 1.73 bits per heavy atom. The van der Waals surface area contributed by atoms with Crippen molar-refractivity contribution in [1.82, 2.24) is 19.6 Å². The summed E-state index contributed by atoms with van der Waals surface area (Å²) in [7, 11) is -4.63. The molecule has 3 aromatic heterocycles. The van der Waals surface area contributed by atoms with E-state index in [9.17, 15) is 41.6 Å². The van der Waals surface area contributed by atoms with Crippen molar-refractivity contribution in [2.24, 2.45) is 11.3 Å². The van der Waals surface area contributed by atoms with E-state index >= 15 is 0 Å². The summed E-state index contributed by atoms with van der Waals surface area (Å²) in [5.74, 6) is -3.32. The van der Waals surface area contributed by atoms with Crippen LogP contribution in [0.1, 0.15) is 81.0 Å². The number of hydrogen-bond donors (Lipinski definition) is 4. The first-order valence-corrected chi connectivity index (χ1v) is 25.6. The molecular formula is C51H54F3N7O7S2. The number of aliphatic hydroxyl groups is 1. The van der Waals surface area contributed by atoms with Crippen LogP contribution in [0, 0.1) is 38.9 Å². The molecule has 6 aromatic rings. The maximum absolute atomic E-state index is 14.8. The molecule has 2 fully saturated rings. The van der Waals surface area contributed by atoms with E-state index in [-0.39, 0.29) is 33.9 Å². The van der Waals surface area contributed by atoms with Crippen molar-refractivity contribution < 1.29 is 41.2 Å². The van der Waals surface area contributed by atoms with Crippen molar-refractivity contribution in [1.29, 1.82) is 0 Å². The topological polar surface area (TPSA) is 183 Å². The fraction of sp³-hybridized carbons (Fsp3) is 0.373. The van der Waals surface area contributed by atoms with Gasteiger partial charge in [0.1, 0.15) is 40.3 Å². The number of halogens is 3. The van der Waals surface area contributed by atoms with Gasteiger partial charge in [-0.1, -0.05) is 19.4 Å². The number of nitrogens with zero attached hydrogens (tertiary/aromatic N) is 4. The molecular weight excluding hydrogens is 944 g/mol. The highest BCUT2D eigenvalue weighted by Crippen LogP contribution is 2.46. The molecule has 0 unspecified atom stereocenters. The maximum Gasteiger partial charge on any atom is 0.293 e. The molecule has 0 bridgehead atoms. The van der Waals surface area contributed by atoms with Gasteiger partial charge in [-0.05, 0) is 122 Å². The van der Waals surface area contributed by atoms with E-state index in [4.69, 9.17) is 4.74 Å². The zero-order valence-corrected chi connectivity index (χ0v) is 40.6. The predicted octanol–water partition coefficient (Wildman–Crippen LogP) is 10.7. The number of nitrogens with one attached hydrogen (secondary N) is 3. The molecule has 0 spiro atoms. The van der Waals surface area contributed by atoms with Crippen LogP contribution in [0.15, 0.2) is 95.0 Å². The zero-order valence-electron chi connectivity index (χ0n) is 39.0. The number of amides is 1. The molecule has 1 amide bonds. The fourth-order valence-corrected chi connectivity index (χ4v) is 11.7. The summed E-state index contributed by atoms with van der Waals surface area (Å²) in [6.45, 7) is 9.95. The molecule has 70 heavy (non-hydrogen) atoms. The second-order valence-corrected chi connectivity index (χ2v) is 22.3. The quantitative estimate of drug-likeness (QED) is 0.0602. The lowest BCUT2D eigenvalue weighted by atomic mass is 9.73. The minimum atomic E-state index is -4.63. The monoisotopic (exact) mass is 997 g/mol. The number of ether oxygens (including phenoxy) is 1. The highest BCUT2D eigenvalue weighted by atomic mass is 32.2. The van der Waals surface area contributed by atoms with Gasteiger partial charge < -0.3 is 25.0 Å². The lowest BCUT2D eigenvalue weighted by Crippen LogP contribution is -2.47. The third kappa shape index (κ3) is 10.9. The van der Waals surface area contributed by atoms with Gasteiger partial charge in [-0.25, -0.2) is 31.3 Å². The molecule has 2 aliphatic carbocycles. The Bertz CT molecular complexity index is 3090. The van der Waals surface area contributed by atoms with E-state index < -0.39 is 54.5 Å². The summed E-state index contributed by atoms with van der Waals surface area (Å²) >= 11 is 1.43. The Hall–Kier alpha value is -6.28. The highest BCUT2D eigenvalue weighted by molar-refractivity contribution is 7.90. The van der Waals surface area contributed by atoms with Crippen molar-refractivity contribution in [2.45, 2.75) is 76.2 Å². The standard InChI is InChI=1S/C51H54F3N7O7S2/c1-50(2)12-10-33(40(26-50)46-21-34(30-69-46)47-41(53)22-35(52)23-42(47)54)29-59-16-18-60(19-17-59)36-4-6-39(45(24-36)68-37-20-32-11-15-55-48(32)57-28-37)49(62)58-70(66,67)38-5-7-43(44(25-38)61(64)65)56-27-31-8-13-51(3,63)14-9-31/h4-7,11,15,20-25,28,30-31,56,63H,8-10,12-14,16-19,26-27,29H2,1-3H3,(H,55,57)(H,58,62). The van der Waals surface area contributed by atoms with Crippen molar-refractivity contribution in [3.05, 3.63) is 128 Å². The van der Waals surface area contributed by atoms with Gasteiger partial charge in [0.2, 0.25) is 0 Å². The van der Waals surface area contributed by atoms with Crippen LogP contribution >= 0.6 is 11.3 Å². The van der Waals surface area contributed by atoms with Crippen molar-refractivity contribution in [2.75, 3.05) is 49.5 Å². The number of rotatable bonds is 14. The Balaban J connectivity index is 0.919. The lowest BCUT2D eigenvalue weighted by Gasteiger charge is -2.39. The lowest BCUT2D eigenvalue weighted by molar-refractivity contribution is -0.384. The number of pyridine rings is 1. The van der Waals surface area contributed by atoms with Gasteiger partial charge in [-0.3, -0.25) is 19.8 Å². The molecule has 368 valence electrons. The minimum absolute atomic E-state index is 0.0227. The number of carbonyl (C=O) groups is 1. The average Bonchev–Trinajstić information content (AvgIpc) is 3.99. The van der Waals surface area contributed by atoms with Crippen LogP contribution in [-0.4, -0.2) is 84.1 Å². The van der Waals surface area contributed by atoms with E-state index in [0.29, 0.717) is 81.2 Å². The average molecular weight is 998 g/mol. The third-order valence-corrected chi connectivity index (χ3v) is 16.1. The zero-order chi connectivity index (χ0) is 49.5. The summed E-state index contributed by atoms with van der Waals surface area (Å²) in [5, 5.41) is 28.0. The molecule has 1 saturated heterocycles. The van der Waals surface area contributed by atoms with E-state index in [1.54, 1.807) is 42.8 Å². The van der Waals surface area contributed by atoms with Gasteiger partial charge in [-0.15, -0.1) is 11.3 Å². The number of carbonyl (C=O) groups excluding carboxylic acids is 1. The van der Waals surface area contributed by atoms with E-state index in [1.807, 2.05) is 6.07 Å². The highest BCUT2D eigenvalue weighted by Gasteiger charge is 2.33. The van der Waals surface area contributed by atoms with Crippen LogP contribution in [0.4, 0.5) is 30.2 Å². The number of fused-ring (bicyclic) bond motifs is 1. The number of H-pyrrole nitrogens is 1. The molecule has 3 aromatic carbocycles. The molecule has 0 radical (unpaired) electrons. The number of allylic oxidation sites excluding steroid dienone is 1. The predicted molar refractivity (Wildman–Crippen MR) is 264 cm³/mol.